The van der Waals surface area contributed by atoms with Gasteiger partial charge in [0, 0.05) is 0 Å². The van der Waals surface area contributed by atoms with Crippen molar-refractivity contribution in [3.63, 3.8) is 0 Å². The monoisotopic (exact) mass is 384 g/mol. The first-order valence-corrected chi connectivity index (χ1v) is 12.6. The van der Waals surface area contributed by atoms with Crippen molar-refractivity contribution >= 4 is 40.4 Å². The summed E-state index contributed by atoms with van der Waals surface area (Å²) >= 11 is 14.2. The first-order chi connectivity index (χ1) is 10.5. The summed E-state index contributed by atoms with van der Waals surface area (Å²) in [5.41, 5.74) is 1.09. The van der Waals surface area contributed by atoms with Gasteiger partial charge in [-0.05, 0) is 49.1 Å². The Kier molecular flexibility index (Phi) is 10.2. The van der Waals surface area contributed by atoms with Gasteiger partial charge in [-0.1, -0.05) is 62.0 Å². The molecule has 0 radical (unpaired) electrons. The van der Waals surface area contributed by atoms with Gasteiger partial charge in [-0.2, -0.15) is 0 Å². The van der Waals surface area contributed by atoms with Gasteiger partial charge in [0.15, 0.2) is 0 Å². The molecule has 5 atom stereocenters. The zero-order valence-electron chi connectivity index (χ0n) is 15.0. The average molecular weight is 385 g/mol. The van der Waals surface area contributed by atoms with E-state index in [0.717, 1.165) is 23.6 Å². The van der Waals surface area contributed by atoms with Gasteiger partial charge in [0.2, 0.25) is 0 Å². The first-order valence-electron chi connectivity index (χ1n) is 9.28. The molecule has 22 heavy (non-hydrogen) atoms. The van der Waals surface area contributed by atoms with Crippen LogP contribution >= 0.6 is 40.4 Å². The zero-order chi connectivity index (χ0) is 16.6. The normalized spacial score (nSPS) is 32.5. The number of alkyl halides is 2. The van der Waals surface area contributed by atoms with E-state index in [1.807, 2.05) is 0 Å². The third-order valence-corrected chi connectivity index (χ3v) is 10.8. The van der Waals surface area contributed by atoms with Crippen molar-refractivity contribution < 1.29 is 0 Å². The second kappa shape index (κ2) is 10.4. The van der Waals surface area contributed by atoms with Crippen LogP contribution in [-0.2, 0) is 0 Å². The molecule has 5 unspecified atom stereocenters. The molecule has 1 aliphatic carbocycles. The van der Waals surface area contributed by atoms with Gasteiger partial charge in [0.25, 0.3) is 0 Å². The lowest BCUT2D eigenvalue weighted by Crippen LogP contribution is -2.48. The molecule has 4 heteroatoms. The van der Waals surface area contributed by atoms with Crippen molar-refractivity contribution in [1.82, 2.24) is 0 Å². The Hall–Kier alpha value is 1.44. The van der Waals surface area contributed by atoms with Gasteiger partial charge in [-0.3, -0.25) is 0 Å². The second-order valence-corrected chi connectivity index (χ2v) is 11.9. The van der Waals surface area contributed by atoms with E-state index in [1.165, 1.54) is 57.3 Å². The van der Waals surface area contributed by atoms with Crippen molar-refractivity contribution in [2.45, 2.75) is 94.7 Å². The summed E-state index contributed by atoms with van der Waals surface area (Å²) in [6, 6.07) is 0. The predicted octanol–water partition coefficient (Wildman–Crippen LogP) is 7.45. The summed E-state index contributed by atoms with van der Waals surface area (Å²) in [4.78, 5) is 0. The molecule has 0 bridgehead atoms. The lowest BCUT2D eigenvalue weighted by molar-refractivity contribution is 0.172. The van der Waals surface area contributed by atoms with Crippen LogP contribution in [0.3, 0.4) is 0 Å². The van der Waals surface area contributed by atoms with E-state index in [4.69, 9.17) is 23.2 Å². The highest BCUT2D eigenvalue weighted by Gasteiger charge is 2.51. The molecular weight excluding hydrogens is 349 g/mol. The molecule has 0 saturated heterocycles. The van der Waals surface area contributed by atoms with Crippen molar-refractivity contribution in [3.05, 3.63) is 0 Å². The molecule has 132 valence electrons. The maximum absolute atomic E-state index is 7.20. The van der Waals surface area contributed by atoms with E-state index in [9.17, 15) is 0 Å². The van der Waals surface area contributed by atoms with Crippen LogP contribution in [0.25, 0.3) is 0 Å². The summed E-state index contributed by atoms with van der Waals surface area (Å²) in [5, 5.41) is 0.186. The van der Waals surface area contributed by atoms with Gasteiger partial charge in [0.1, 0.15) is 0 Å². The lowest BCUT2D eigenvalue weighted by atomic mass is 9.69. The Labute approximate surface area is 152 Å². The van der Waals surface area contributed by atoms with E-state index >= 15 is 0 Å². The van der Waals surface area contributed by atoms with Crippen molar-refractivity contribution in [3.8, 4) is 0 Å². The van der Waals surface area contributed by atoms with Gasteiger partial charge in [-0.25, -0.2) is 0 Å². The maximum Gasteiger partial charge on any atom is 0.0785 e. The van der Waals surface area contributed by atoms with Crippen LogP contribution in [0, 0.1) is 5.41 Å². The molecule has 0 aromatic rings. The summed E-state index contributed by atoms with van der Waals surface area (Å²) in [6.45, 7) is 9.26. The minimum absolute atomic E-state index is 0.134. The largest absolute Gasteiger partial charge is 0.120 e. The van der Waals surface area contributed by atoms with Crippen molar-refractivity contribution in [1.29, 1.82) is 0 Å². The number of halogens is 2. The summed E-state index contributed by atoms with van der Waals surface area (Å²) in [6.07, 6.45) is 12.8. The molecule has 1 saturated carbocycles. The lowest BCUT2D eigenvalue weighted by Gasteiger charge is -2.51. The molecule has 0 N–H and O–H groups in total. The molecule has 0 spiro atoms. The topological polar surface area (TPSA) is 0 Å². The van der Waals surface area contributed by atoms with Gasteiger partial charge in [0.05, 0.1) is 9.99 Å². The van der Waals surface area contributed by atoms with Crippen molar-refractivity contribution in [2.24, 2.45) is 5.41 Å². The smallest absolute Gasteiger partial charge is 0.0785 e. The Balaban J connectivity index is 2.84. The third-order valence-electron chi connectivity index (χ3n) is 5.46. The van der Waals surface area contributed by atoms with E-state index in [1.54, 1.807) is 0 Å². The number of unbranched alkanes of at least 4 members (excludes halogenated alkanes) is 2. The quantitative estimate of drug-likeness (QED) is 0.208. The molecular formula is C18H36Cl2P2. The Morgan fingerprint density at radius 3 is 2.14 bits per heavy atom. The summed E-state index contributed by atoms with van der Waals surface area (Å²) in [7, 11) is 1.83. The van der Waals surface area contributed by atoms with Crippen LogP contribution in [0.5, 0.6) is 0 Å². The molecule has 1 rings (SSSR count). The predicted molar refractivity (Wildman–Crippen MR) is 110 cm³/mol. The van der Waals surface area contributed by atoms with E-state index in [-0.39, 0.29) is 9.99 Å². The molecule has 0 aromatic heterocycles. The van der Waals surface area contributed by atoms with Gasteiger partial charge < -0.3 is 0 Å². The van der Waals surface area contributed by atoms with Crippen LogP contribution < -0.4 is 0 Å². The highest BCUT2D eigenvalue weighted by atomic mass is 35.5. The van der Waals surface area contributed by atoms with Crippen LogP contribution in [0.2, 0.25) is 0 Å². The van der Waals surface area contributed by atoms with Gasteiger partial charge in [-0.15, -0.1) is 31.8 Å². The Morgan fingerprint density at radius 1 is 1.00 bits per heavy atom. The summed E-state index contributed by atoms with van der Waals surface area (Å²) < 4.78 is -0.134. The summed E-state index contributed by atoms with van der Waals surface area (Å²) in [5.74, 6) is 0. The maximum atomic E-state index is 7.20. The standard InChI is InChI=1S/C18H36Cl2P2/c1-5-9-11-21-15-13-17(7-3,8-4)14-18(20,16(15)19)22-12-10-6-2/h15-16,21-22H,5-14H2,1-4H3. The molecule has 0 nitrogen and oxygen atoms in total. The highest BCUT2D eigenvalue weighted by molar-refractivity contribution is 7.43. The van der Waals surface area contributed by atoms with Crippen LogP contribution in [0.4, 0.5) is 0 Å². The minimum atomic E-state index is -0.134. The highest BCUT2D eigenvalue weighted by Crippen LogP contribution is 2.60. The van der Waals surface area contributed by atoms with Crippen LogP contribution in [0.1, 0.15) is 79.1 Å². The number of hydrogen-bond donors (Lipinski definition) is 0. The molecule has 1 aliphatic rings. The molecule has 0 heterocycles. The molecule has 0 amide bonds. The Morgan fingerprint density at radius 2 is 1.59 bits per heavy atom. The third kappa shape index (κ3) is 5.76. The minimum Gasteiger partial charge on any atom is -0.120 e. The fourth-order valence-corrected chi connectivity index (χ4v) is 9.16. The second-order valence-electron chi connectivity index (χ2n) is 7.05. The average Bonchev–Trinajstić information content (AvgIpc) is 2.52. The number of rotatable bonds is 10. The first kappa shape index (κ1) is 21.5. The Bertz CT molecular complexity index is 307. The molecule has 0 aromatic carbocycles. The SMILES string of the molecule is CCCCPC1CC(CC)(CC)CC(Cl)(PCCCC)C1Cl. The van der Waals surface area contributed by atoms with Crippen LogP contribution in [0.15, 0.2) is 0 Å². The molecule has 0 aliphatic heterocycles. The fourth-order valence-electron chi connectivity index (χ4n) is 3.67. The zero-order valence-corrected chi connectivity index (χ0v) is 18.5. The van der Waals surface area contributed by atoms with Crippen molar-refractivity contribution in [2.75, 3.05) is 12.3 Å². The van der Waals surface area contributed by atoms with E-state index in [0.29, 0.717) is 11.1 Å². The molecule has 1 fully saturated rings. The van der Waals surface area contributed by atoms with Gasteiger partial charge >= 0.3 is 0 Å². The number of hydrogen-bond acceptors (Lipinski definition) is 0. The fraction of sp³-hybridized carbons (Fsp3) is 1.00. The van der Waals surface area contributed by atoms with E-state index in [2.05, 4.69) is 27.7 Å². The van der Waals surface area contributed by atoms with E-state index < -0.39 is 0 Å². The van der Waals surface area contributed by atoms with Crippen LogP contribution in [-0.4, -0.2) is 28.0 Å².